The van der Waals surface area contributed by atoms with Crippen LogP contribution < -0.4 is 10.5 Å². The van der Waals surface area contributed by atoms with Crippen LogP contribution in [0.1, 0.15) is 30.9 Å². The molecule has 20 heavy (non-hydrogen) atoms. The van der Waals surface area contributed by atoms with Gasteiger partial charge in [0.05, 0.1) is 18.2 Å². The molecule has 0 aliphatic carbocycles. The highest BCUT2D eigenvalue weighted by molar-refractivity contribution is 6.32. The lowest BCUT2D eigenvalue weighted by molar-refractivity contribution is -0.137. The third kappa shape index (κ3) is 4.10. The Morgan fingerprint density at radius 1 is 1.60 bits per heavy atom. The first-order valence-electron chi connectivity index (χ1n) is 6.57. The predicted octanol–water partition coefficient (Wildman–Crippen LogP) is 2.37. The number of carboxylic acid groups (broad SMARTS) is 1. The van der Waals surface area contributed by atoms with Crippen LogP contribution in [0.3, 0.4) is 0 Å². The molecule has 6 heteroatoms. The molecule has 2 atom stereocenters. The second kappa shape index (κ2) is 6.92. The van der Waals surface area contributed by atoms with Crippen molar-refractivity contribution < 1.29 is 19.4 Å². The van der Waals surface area contributed by atoms with E-state index < -0.39 is 5.97 Å². The van der Waals surface area contributed by atoms with E-state index in [1.54, 1.807) is 12.1 Å². The zero-order valence-corrected chi connectivity index (χ0v) is 11.8. The van der Waals surface area contributed by atoms with E-state index in [-0.39, 0.29) is 18.6 Å². The van der Waals surface area contributed by atoms with E-state index in [1.165, 1.54) is 0 Å². The molecule has 3 N–H and O–H groups in total. The molecular weight excluding hydrogens is 282 g/mol. The van der Waals surface area contributed by atoms with Crippen molar-refractivity contribution in [3.8, 4) is 5.75 Å². The Bertz CT molecular complexity index is 474. The molecule has 2 unspecified atom stereocenters. The van der Waals surface area contributed by atoms with E-state index >= 15 is 0 Å². The molecule has 1 aromatic rings. The average molecular weight is 300 g/mol. The van der Waals surface area contributed by atoms with Gasteiger partial charge in [-0.3, -0.25) is 4.79 Å². The largest absolute Gasteiger partial charge is 0.486 e. The molecule has 110 valence electrons. The van der Waals surface area contributed by atoms with Crippen molar-refractivity contribution in [3.63, 3.8) is 0 Å². The van der Waals surface area contributed by atoms with Gasteiger partial charge in [-0.2, -0.15) is 0 Å². The van der Waals surface area contributed by atoms with Crippen LogP contribution in [0, 0.1) is 0 Å². The highest BCUT2D eigenvalue weighted by Crippen LogP contribution is 2.30. The van der Waals surface area contributed by atoms with Gasteiger partial charge in [0, 0.05) is 18.9 Å². The van der Waals surface area contributed by atoms with Crippen LogP contribution in [0.5, 0.6) is 5.75 Å². The number of hydrogen-bond donors (Lipinski definition) is 2. The second-order valence-electron chi connectivity index (χ2n) is 4.83. The molecule has 0 aromatic heterocycles. The maximum Gasteiger partial charge on any atom is 0.303 e. The summed E-state index contributed by atoms with van der Waals surface area (Å²) in [5.74, 6) is -0.246. The van der Waals surface area contributed by atoms with Crippen molar-refractivity contribution in [2.75, 3.05) is 13.2 Å². The van der Waals surface area contributed by atoms with E-state index in [9.17, 15) is 4.79 Å². The van der Waals surface area contributed by atoms with Crippen LogP contribution in [-0.2, 0) is 9.53 Å². The van der Waals surface area contributed by atoms with Crippen molar-refractivity contribution >= 4 is 17.6 Å². The number of rotatable bonds is 6. The molecule has 1 aliphatic heterocycles. The molecule has 1 fully saturated rings. The summed E-state index contributed by atoms with van der Waals surface area (Å²) in [4.78, 5) is 10.5. The molecule has 1 heterocycles. The summed E-state index contributed by atoms with van der Waals surface area (Å²) in [7, 11) is 0. The maximum atomic E-state index is 10.5. The Balaban J connectivity index is 1.98. The van der Waals surface area contributed by atoms with E-state index in [2.05, 4.69) is 0 Å². The van der Waals surface area contributed by atoms with Gasteiger partial charge in [0.2, 0.25) is 0 Å². The molecule has 1 aliphatic rings. The van der Waals surface area contributed by atoms with Gasteiger partial charge in [-0.1, -0.05) is 17.7 Å². The quantitative estimate of drug-likeness (QED) is 0.843. The van der Waals surface area contributed by atoms with Crippen LogP contribution in [0.15, 0.2) is 18.2 Å². The molecule has 5 nitrogen and oxygen atoms in total. The zero-order chi connectivity index (χ0) is 14.5. The number of aliphatic carboxylic acids is 1. The van der Waals surface area contributed by atoms with Gasteiger partial charge in [0.25, 0.3) is 0 Å². The number of benzene rings is 1. The highest BCUT2D eigenvalue weighted by atomic mass is 35.5. The van der Waals surface area contributed by atoms with Gasteiger partial charge in [0.1, 0.15) is 11.9 Å². The topological polar surface area (TPSA) is 81.8 Å². The third-order valence-corrected chi connectivity index (χ3v) is 3.53. The number of ether oxygens (including phenoxy) is 2. The summed E-state index contributed by atoms with van der Waals surface area (Å²) in [5.41, 5.74) is 6.75. The Morgan fingerprint density at radius 3 is 3.00 bits per heavy atom. The summed E-state index contributed by atoms with van der Waals surface area (Å²) in [6, 6.07) is 4.99. The number of carbonyl (C=O) groups is 1. The maximum absolute atomic E-state index is 10.5. The monoisotopic (exact) mass is 299 g/mol. The van der Waals surface area contributed by atoms with Crippen molar-refractivity contribution in [3.05, 3.63) is 28.8 Å². The van der Waals surface area contributed by atoms with Crippen LogP contribution in [0.4, 0.5) is 0 Å². The van der Waals surface area contributed by atoms with E-state index in [1.807, 2.05) is 6.07 Å². The van der Waals surface area contributed by atoms with Crippen LogP contribution in [0.2, 0.25) is 5.02 Å². The van der Waals surface area contributed by atoms with Crippen molar-refractivity contribution in [2.24, 2.45) is 5.73 Å². The summed E-state index contributed by atoms with van der Waals surface area (Å²) < 4.78 is 11.0. The standard InChI is InChI=1S/C14H18ClNO4/c15-11-7-9(12(16)2-4-14(17)18)1-3-13(11)20-10-5-6-19-8-10/h1,3,7,10,12H,2,4-6,8,16H2,(H,17,18). The van der Waals surface area contributed by atoms with Gasteiger partial charge in [-0.25, -0.2) is 0 Å². The number of hydrogen-bond acceptors (Lipinski definition) is 4. The lowest BCUT2D eigenvalue weighted by Gasteiger charge is -2.16. The number of halogens is 1. The first-order valence-corrected chi connectivity index (χ1v) is 6.95. The number of carboxylic acids is 1. The average Bonchev–Trinajstić information content (AvgIpc) is 2.91. The first-order chi connectivity index (χ1) is 9.56. The van der Waals surface area contributed by atoms with Crippen molar-refractivity contribution in [1.82, 2.24) is 0 Å². The van der Waals surface area contributed by atoms with Gasteiger partial charge >= 0.3 is 5.97 Å². The fourth-order valence-corrected chi connectivity index (χ4v) is 2.31. The fourth-order valence-electron chi connectivity index (χ4n) is 2.07. The Labute approximate surface area is 122 Å². The van der Waals surface area contributed by atoms with Crippen molar-refractivity contribution in [1.29, 1.82) is 0 Å². The summed E-state index contributed by atoms with van der Waals surface area (Å²) >= 11 is 6.18. The van der Waals surface area contributed by atoms with Crippen LogP contribution >= 0.6 is 11.6 Å². The van der Waals surface area contributed by atoms with Crippen LogP contribution in [-0.4, -0.2) is 30.4 Å². The van der Waals surface area contributed by atoms with Crippen molar-refractivity contribution in [2.45, 2.75) is 31.4 Å². The van der Waals surface area contributed by atoms with E-state index in [0.717, 1.165) is 12.0 Å². The molecule has 0 saturated carbocycles. The molecule has 0 bridgehead atoms. The normalized spacial score (nSPS) is 19.8. The molecule has 0 radical (unpaired) electrons. The smallest absolute Gasteiger partial charge is 0.303 e. The molecule has 0 spiro atoms. The Hall–Kier alpha value is -1.30. The minimum Gasteiger partial charge on any atom is -0.486 e. The first kappa shape index (κ1) is 15.1. The molecular formula is C14H18ClNO4. The van der Waals surface area contributed by atoms with E-state index in [0.29, 0.717) is 30.4 Å². The lowest BCUT2D eigenvalue weighted by Crippen LogP contribution is -2.16. The summed E-state index contributed by atoms with van der Waals surface area (Å²) in [5, 5.41) is 9.14. The molecule has 1 aromatic carbocycles. The summed E-state index contributed by atoms with van der Waals surface area (Å²) in [6.45, 7) is 1.29. The van der Waals surface area contributed by atoms with E-state index in [4.69, 9.17) is 31.9 Å². The van der Waals surface area contributed by atoms with Gasteiger partial charge in [-0.15, -0.1) is 0 Å². The Morgan fingerprint density at radius 2 is 2.40 bits per heavy atom. The Kier molecular flexibility index (Phi) is 5.23. The fraction of sp³-hybridized carbons (Fsp3) is 0.500. The highest BCUT2D eigenvalue weighted by Gasteiger charge is 2.19. The van der Waals surface area contributed by atoms with Gasteiger partial charge < -0.3 is 20.3 Å². The predicted molar refractivity (Wildman–Crippen MR) is 75.1 cm³/mol. The summed E-state index contributed by atoms with van der Waals surface area (Å²) in [6.07, 6.45) is 1.31. The van der Waals surface area contributed by atoms with Gasteiger partial charge in [-0.05, 0) is 24.1 Å². The minimum absolute atomic E-state index is 0.0381. The molecule has 1 saturated heterocycles. The SMILES string of the molecule is NC(CCC(=O)O)c1ccc(OC2CCOC2)c(Cl)c1. The molecule has 2 rings (SSSR count). The zero-order valence-electron chi connectivity index (χ0n) is 11.0. The molecule has 0 amide bonds. The third-order valence-electron chi connectivity index (χ3n) is 3.23. The lowest BCUT2D eigenvalue weighted by atomic mass is 10.0. The second-order valence-corrected chi connectivity index (χ2v) is 5.24. The minimum atomic E-state index is -0.854. The van der Waals surface area contributed by atoms with Crippen LogP contribution in [0.25, 0.3) is 0 Å². The van der Waals surface area contributed by atoms with Gasteiger partial charge in [0.15, 0.2) is 0 Å². The number of nitrogens with two attached hydrogens (primary N) is 1.